The monoisotopic (exact) mass is 643 g/mol. The molecule has 1 spiro atoms. The molecule has 0 N–H and O–H groups in total. The SMILES string of the molecule is c1ccc(-c2ccc(N(c3ccc4c(c3)oc3cc5c(cc34)-c3ccccc3C53CCCCC3)c3ccccc3-c3ccccc3)cc2)cc1. The van der Waals surface area contributed by atoms with Crippen LogP contribution in [0.4, 0.5) is 17.1 Å². The summed E-state index contributed by atoms with van der Waals surface area (Å²) in [6.07, 6.45) is 6.31. The molecule has 0 atom stereocenters. The number of benzene rings is 7. The van der Waals surface area contributed by atoms with E-state index in [9.17, 15) is 0 Å². The van der Waals surface area contributed by atoms with Gasteiger partial charge in [-0.1, -0.05) is 135 Å². The van der Waals surface area contributed by atoms with Gasteiger partial charge in [-0.15, -0.1) is 0 Å². The Morgan fingerprint density at radius 1 is 0.420 bits per heavy atom. The summed E-state index contributed by atoms with van der Waals surface area (Å²) >= 11 is 0. The molecule has 50 heavy (non-hydrogen) atoms. The van der Waals surface area contributed by atoms with Crippen LogP contribution >= 0.6 is 0 Å². The summed E-state index contributed by atoms with van der Waals surface area (Å²) in [7, 11) is 0. The average molecular weight is 644 g/mol. The predicted octanol–water partition coefficient (Wildman–Crippen LogP) is 13.6. The van der Waals surface area contributed by atoms with Gasteiger partial charge in [-0.25, -0.2) is 0 Å². The first kappa shape index (κ1) is 29.1. The lowest BCUT2D eigenvalue weighted by molar-refractivity contribution is 0.353. The largest absolute Gasteiger partial charge is 0.456 e. The molecule has 2 aliphatic rings. The Hall–Kier alpha value is -5.86. The van der Waals surface area contributed by atoms with Crippen LogP contribution in [0.1, 0.15) is 43.2 Å². The second-order valence-corrected chi connectivity index (χ2v) is 14.0. The standard InChI is InChI=1S/C48H37NO/c1-4-14-33(15-5-1)34-22-24-36(25-23-34)49(45-21-11-9-18-38(45)35-16-6-2-7-17-35)37-26-27-40-42-31-41-39-19-8-10-20-43(39)48(28-12-3-13-29-48)44(41)32-47(42)50-46(40)30-37/h1-2,4-11,14-27,30-32H,3,12-13,28-29H2. The number of para-hydroxylation sites is 1. The highest BCUT2D eigenvalue weighted by Gasteiger charge is 2.44. The van der Waals surface area contributed by atoms with Crippen LogP contribution in [0.15, 0.2) is 168 Å². The minimum Gasteiger partial charge on any atom is -0.456 e. The Kier molecular flexibility index (Phi) is 6.77. The van der Waals surface area contributed by atoms with Gasteiger partial charge in [-0.2, -0.15) is 0 Å². The quantitative estimate of drug-likeness (QED) is 0.186. The molecule has 7 aromatic carbocycles. The normalized spacial score (nSPS) is 14.6. The van der Waals surface area contributed by atoms with Crippen LogP contribution in [0, 0.1) is 0 Å². The molecule has 0 amide bonds. The number of nitrogens with zero attached hydrogens (tertiary/aromatic N) is 1. The molecule has 0 bridgehead atoms. The Labute approximate surface area is 293 Å². The van der Waals surface area contributed by atoms with Gasteiger partial charge < -0.3 is 9.32 Å². The van der Waals surface area contributed by atoms with E-state index in [0.29, 0.717) is 0 Å². The Bertz CT molecular complexity index is 2500. The highest BCUT2D eigenvalue weighted by molar-refractivity contribution is 6.09. The molecule has 1 saturated carbocycles. The molecule has 1 heterocycles. The maximum atomic E-state index is 6.84. The Morgan fingerprint density at radius 3 is 1.82 bits per heavy atom. The van der Waals surface area contributed by atoms with Crippen molar-refractivity contribution in [2.45, 2.75) is 37.5 Å². The van der Waals surface area contributed by atoms with E-state index in [-0.39, 0.29) is 5.41 Å². The number of hydrogen-bond acceptors (Lipinski definition) is 2. The molecular formula is C48H37NO. The molecule has 0 unspecified atom stereocenters. The summed E-state index contributed by atoms with van der Waals surface area (Å²) < 4.78 is 6.84. The van der Waals surface area contributed by atoms with E-state index in [1.54, 1.807) is 0 Å². The Balaban J connectivity index is 1.14. The number of hydrogen-bond donors (Lipinski definition) is 0. The fourth-order valence-electron chi connectivity index (χ4n) is 8.93. The number of fused-ring (bicyclic) bond motifs is 8. The summed E-state index contributed by atoms with van der Waals surface area (Å²) in [6.45, 7) is 0. The summed E-state index contributed by atoms with van der Waals surface area (Å²) in [4.78, 5) is 2.37. The van der Waals surface area contributed by atoms with Crippen LogP contribution in [-0.2, 0) is 5.41 Å². The highest BCUT2D eigenvalue weighted by Crippen LogP contribution is 2.57. The molecule has 2 nitrogen and oxygen atoms in total. The van der Waals surface area contributed by atoms with Gasteiger partial charge in [-0.05, 0) is 94.3 Å². The zero-order valence-corrected chi connectivity index (χ0v) is 28.0. The maximum Gasteiger partial charge on any atom is 0.137 e. The van der Waals surface area contributed by atoms with Crippen molar-refractivity contribution in [1.82, 2.24) is 0 Å². The van der Waals surface area contributed by atoms with Gasteiger partial charge in [0.15, 0.2) is 0 Å². The summed E-state index contributed by atoms with van der Waals surface area (Å²) in [6, 6.07) is 59.6. The van der Waals surface area contributed by atoms with E-state index >= 15 is 0 Å². The molecule has 2 heteroatoms. The molecule has 1 fully saturated rings. The van der Waals surface area contributed by atoms with Crippen LogP contribution in [-0.4, -0.2) is 0 Å². The maximum absolute atomic E-state index is 6.84. The average Bonchev–Trinajstić information content (AvgIpc) is 3.67. The third kappa shape index (κ3) is 4.55. The first-order valence-electron chi connectivity index (χ1n) is 18.0. The topological polar surface area (TPSA) is 16.4 Å². The van der Waals surface area contributed by atoms with E-state index in [4.69, 9.17) is 4.42 Å². The zero-order valence-electron chi connectivity index (χ0n) is 28.0. The lowest BCUT2D eigenvalue weighted by Gasteiger charge is -2.35. The van der Waals surface area contributed by atoms with Crippen LogP contribution in [0.3, 0.4) is 0 Å². The molecule has 0 radical (unpaired) electrons. The van der Waals surface area contributed by atoms with Crippen molar-refractivity contribution < 1.29 is 4.42 Å². The minimum absolute atomic E-state index is 0.104. The predicted molar refractivity (Wildman–Crippen MR) is 209 cm³/mol. The zero-order chi connectivity index (χ0) is 33.1. The number of furan rings is 1. The van der Waals surface area contributed by atoms with Crippen molar-refractivity contribution >= 4 is 39.0 Å². The van der Waals surface area contributed by atoms with Gasteiger partial charge in [0.1, 0.15) is 11.2 Å². The van der Waals surface area contributed by atoms with E-state index < -0.39 is 0 Å². The number of rotatable bonds is 5. The molecular weight excluding hydrogens is 607 g/mol. The van der Waals surface area contributed by atoms with Gasteiger partial charge in [0.25, 0.3) is 0 Å². The van der Waals surface area contributed by atoms with Crippen LogP contribution in [0.5, 0.6) is 0 Å². The van der Waals surface area contributed by atoms with Gasteiger partial charge in [0, 0.05) is 39.2 Å². The van der Waals surface area contributed by atoms with Crippen molar-refractivity contribution in [3.05, 3.63) is 175 Å². The third-order valence-electron chi connectivity index (χ3n) is 11.3. The van der Waals surface area contributed by atoms with E-state index in [1.165, 1.54) is 82.0 Å². The molecule has 240 valence electrons. The molecule has 0 aliphatic heterocycles. The molecule has 0 saturated heterocycles. The fourth-order valence-corrected chi connectivity index (χ4v) is 8.93. The van der Waals surface area contributed by atoms with Crippen LogP contribution < -0.4 is 4.90 Å². The fraction of sp³-hybridized carbons (Fsp3) is 0.125. The van der Waals surface area contributed by atoms with Gasteiger partial charge >= 0.3 is 0 Å². The second-order valence-electron chi connectivity index (χ2n) is 14.0. The number of anilines is 3. The summed E-state index contributed by atoms with van der Waals surface area (Å²) in [5, 5.41) is 2.35. The molecule has 10 rings (SSSR count). The van der Waals surface area contributed by atoms with Crippen LogP contribution in [0.25, 0.3) is 55.3 Å². The van der Waals surface area contributed by atoms with Crippen molar-refractivity contribution in [3.8, 4) is 33.4 Å². The summed E-state index contributed by atoms with van der Waals surface area (Å²) in [5.41, 5.74) is 15.8. The second kappa shape index (κ2) is 11.6. The summed E-state index contributed by atoms with van der Waals surface area (Å²) in [5.74, 6) is 0. The van der Waals surface area contributed by atoms with Crippen molar-refractivity contribution in [2.24, 2.45) is 0 Å². The van der Waals surface area contributed by atoms with Gasteiger partial charge in [-0.3, -0.25) is 0 Å². The molecule has 2 aliphatic carbocycles. The van der Waals surface area contributed by atoms with Gasteiger partial charge in [0.05, 0.1) is 5.69 Å². The molecule has 8 aromatic rings. The molecule has 1 aromatic heterocycles. The first-order valence-corrected chi connectivity index (χ1v) is 18.0. The smallest absolute Gasteiger partial charge is 0.137 e. The van der Waals surface area contributed by atoms with E-state index in [1.807, 2.05) is 0 Å². The van der Waals surface area contributed by atoms with Crippen LogP contribution in [0.2, 0.25) is 0 Å². The highest BCUT2D eigenvalue weighted by atomic mass is 16.3. The van der Waals surface area contributed by atoms with Crippen molar-refractivity contribution in [2.75, 3.05) is 4.90 Å². The minimum atomic E-state index is 0.104. The first-order chi connectivity index (χ1) is 24.8. The lowest BCUT2D eigenvalue weighted by Crippen LogP contribution is -2.27. The van der Waals surface area contributed by atoms with Crippen molar-refractivity contribution in [1.29, 1.82) is 0 Å². The van der Waals surface area contributed by atoms with Crippen molar-refractivity contribution in [3.63, 3.8) is 0 Å². The Morgan fingerprint density at radius 2 is 1.04 bits per heavy atom. The van der Waals surface area contributed by atoms with Gasteiger partial charge in [0.2, 0.25) is 0 Å². The third-order valence-corrected chi connectivity index (χ3v) is 11.3. The van der Waals surface area contributed by atoms with E-state index in [0.717, 1.165) is 33.6 Å². The van der Waals surface area contributed by atoms with E-state index in [2.05, 4.69) is 169 Å². The lowest BCUT2D eigenvalue weighted by atomic mass is 9.68.